The van der Waals surface area contributed by atoms with Gasteiger partial charge in [-0.1, -0.05) is 11.6 Å². The molecule has 1 aliphatic heterocycles. The molecule has 1 N–H and O–H groups in total. The van der Waals surface area contributed by atoms with Crippen LogP contribution < -0.4 is 5.32 Å². The van der Waals surface area contributed by atoms with Gasteiger partial charge in [0.25, 0.3) is 0 Å². The normalized spacial score (nSPS) is 15.8. The summed E-state index contributed by atoms with van der Waals surface area (Å²) in [5, 5.41) is 2.94. The zero-order valence-electron chi connectivity index (χ0n) is 9.84. The van der Waals surface area contributed by atoms with Gasteiger partial charge in [0.2, 0.25) is 0 Å². The van der Waals surface area contributed by atoms with E-state index in [1.165, 1.54) is 0 Å². The topological polar surface area (TPSA) is 32.3 Å². The van der Waals surface area contributed by atoms with Crippen LogP contribution in [-0.2, 0) is 0 Å². The minimum absolute atomic E-state index is 0.0294. The van der Waals surface area contributed by atoms with Crippen LogP contribution in [0.3, 0.4) is 0 Å². The molecule has 1 fully saturated rings. The van der Waals surface area contributed by atoms with Gasteiger partial charge in [-0.25, -0.2) is 4.79 Å². The first-order valence-electron chi connectivity index (χ1n) is 5.51. The Bertz CT molecular complexity index is 282. The van der Waals surface area contributed by atoms with E-state index < -0.39 is 0 Å². The standard InChI is InChI=1S/C12H20N2O/c1-4-7-11(10(2)3)13-12(15)14-8-5-6-9-14/h4,7H,5-6,8-9H2,1-3H3,(H,13,15)/b7-4+. The minimum atomic E-state index is 0.0294. The summed E-state index contributed by atoms with van der Waals surface area (Å²) >= 11 is 0. The van der Waals surface area contributed by atoms with Gasteiger partial charge in [0.15, 0.2) is 0 Å². The maximum atomic E-state index is 11.8. The molecule has 0 unspecified atom stereocenters. The average molecular weight is 208 g/mol. The molecule has 0 saturated carbocycles. The molecule has 2 amide bonds. The van der Waals surface area contributed by atoms with Crippen molar-refractivity contribution < 1.29 is 4.79 Å². The molecule has 0 atom stereocenters. The van der Waals surface area contributed by atoms with Crippen LogP contribution >= 0.6 is 0 Å². The fourth-order valence-electron chi connectivity index (χ4n) is 1.61. The molecule has 3 nitrogen and oxygen atoms in total. The molecule has 0 aromatic carbocycles. The fraction of sp³-hybridized carbons (Fsp3) is 0.583. The molecule has 3 heteroatoms. The summed E-state index contributed by atoms with van der Waals surface area (Å²) in [5.74, 6) is 0. The van der Waals surface area contributed by atoms with Gasteiger partial charge in [0.05, 0.1) is 0 Å². The summed E-state index contributed by atoms with van der Waals surface area (Å²) in [6.07, 6.45) is 6.12. The van der Waals surface area contributed by atoms with Gasteiger partial charge in [-0.15, -0.1) is 0 Å². The zero-order valence-corrected chi connectivity index (χ0v) is 9.84. The van der Waals surface area contributed by atoms with Crippen LogP contribution in [0.15, 0.2) is 23.4 Å². The van der Waals surface area contributed by atoms with Crippen LogP contribution in [-0.4, -0.2) is 24.0 Å². The van der Waals surface area contributed by atoms with Crippen molar-refractivity contribution >= 4 is 6.03 Å². The predicted molar refractivity (Wildman–Crippen MR) is 62.5 cm³/mol. The number of amides is 2. The maximum absolute atomic E-state index is 11.8. The summed E-state index contributed by atoms with van der Waals surface area (Å²) in [6.45, 7) is 7.72. The van der Waals surface area contributed by atoms with Crippen molar-refractivity contribution in [3.63, 3.8) is 0 Å². The second-order valence-corrected chi connectivity index (χ2v) is 4.04. The van der Waals surface area contributed by atoms with Crippen molar-refractivity contribution in [3.8, 4) is 0 Å². The lowest BCUT2D eigenvalue weighted by atomic mass is 10.2. The average Bonchev–Trinajstić information content (AvgIpc) is 2.69. The van der Waals surface area contributed by atoms with E-state index >= 15 is 0 Å². The third kappa shape index (κ3) is 3.42. The number of nitrogens with one attached hydrogen (secondary N) is 1. The Morgan fingerprint density at radius 2 is 1.87 bits per heavy atom. The zero-order chi connectivity index (χ0) is 11.3. The van der Waals surface area contributed by atoms with Gasteiger partial charge >= 0.3 is 6.03 Å². The highest BCUT2D eigenvalue weighted by molar-refractivity contribution is 5.77. The molecular formula is C12H20N2O. The van der Waals surface area contributed by atoms with Crippen molar-refractivity contribution in [1.29, 1.82) is 0 Å². The van der Waals surface area contributed by atoms with E-state index in [2.05, 4.69) is 5.32 Å². The van der Waals surface area contributed by atoms with Crippen molar-refractivity contribution in [2.24, 2.45) is 0 Å². The van der Waals surface area contributed by atoms with Crippen LogP contribution in [0.1, 0.15) is 33.6 Å². The minimum Gasteiger partial charge on any atom is -0.325 e. The van der Waals surface area contributed by atoms with Crippen LogP contribution in [0.4, 0.5) is 4.79 Å². The summed E-state index contributed by atoms with van der Waals surface area (Å²) in [7, 11) is 0. The molecule has 1 saturated heterocycles. The molecular weight excluding hydrogens is 188 g/mol. The Kier molecular flexibility index (Phi) is 4.40. The van der Waals surface area contributed by atoms with E-state index in [0.29, 0.717) is 0 Å². The molecule has 1 aliphatic rings. The van der Waals surface area contributed by atoms with E-state index in [-0.39, 0.29) is 6.03 Å². The lowest BCUT2D eigenvalue weighted by Gasteiger charge is -2.17. The number of likely N-dealkylation sites (tertiary alicyclic amines) is 1. The number of rotatable bonds is 2. The van der Waals surface area contributed by atoms with E-state index in [1.807, 2.05) is 37.8 Å². The van der Waals surface area contributed by atoms with E-state index in [0.717, 1.165) is 37.2 Å². The molecule has 84 valence electrons. The summed E-state index contributed by atoms with van der Waals surface area (Å²) in [4.78, 5) is 13.6. The Balaban J connectivity index is 2.58. The second-order valence-electron chi connectivity index (χ2n) is 4.04. The molecule has 15 heavy (non-hydrogen) atoms. The molecule has 1 heterocycles. The number of carbonyl (C=O) groups excluding carboxylic acids is 1. The van der Waals surface area contributed by atoms with E-state index in [1.54, 1.807) is 0 Å². The number of carbonyl (C=O) groups is 1. The van der Waals surface area contributed by atoms with Gasteiger partial charge < -0.3 is 10.2 Å². The van der Waals surface area contributed by atoms with Crippen LogP contribution in [0.2, 0.25) is 0 Å². The summed E-state index contributed by atoms with van der Waals surface area (Å²) in [5.41, 5.74) is 2.04. The van der Waals surface area contributed by atoms with Crippen LogP contribution in [0, 0.1) is 0 Å². The molecule has 0 radical (unpaired) electrons. The monoisotopic (exact) mass is 208 g/mol. The molecule has 0 bridgehead atoms. The van der Waals surface area contributed by atoms with Gasteiger partial charge in [0, 0.05) is 18.8 Å². The largest absolute Gasteiger partial charge is 0.325 e. The van der Waals surface area contributed by atoms with E-state index in [9.17, 15) is 4.79 Å². The highest BCUT2D eigenvalue weighted by Gasteiger charge is 2.17. The second kappa shape index (κ2) is 5.59. The molecule has 0 aromatic rings. The third-order valence-corrected chi connectivity index (χ3v) is 2.51. The number of nitrogens with zero attached hydrogens (tertiary/aromatic N) is 1. The smallest absolute Gasteiger partial charge is 0.321 e. The highest BCUT2D eigenvalue weighted by atomic mass is 16.2. The number of urea groups is 1. The molecule has 1 rings (SSSR count). The first-order valence-corrected chi connectivity index (χ1v) is 5.51. The van der Waals surface area contributed by atoms with Crippen LogP contribution in [0.5, 0.6) is 0 Å². The van der Waals surface area contributed by atoms with E-state index in [4.69, 9.17) is 0 Å². The highest BCUT2D eigenvalue weighted by Crippen LogP contribution is 2.09. The van der Waals surface area contributed by atoms with Gasteiger partial charge in [-0.2, -0.15) is 0 Å². The first kappa shape index (κ1) is 11.8. The van der Waals surface area contributed by atoms with Gasteiger partial charge in [-0.05, 0) is 39.7 Å². The first-order chi connectivity index (χ1) is 7.15. The Hall–Kier alpha value is -1.25. The lowest BCUT2D eigenvalue weighted by Crippen LogP contribution is -2.37. The summed E-state index contributed by atoms with van der Waals surface area (Å²) < 4.78 is 0. The molecule has 0 aromatic heterocycles. The van der Waals surface area contributed by atoms with Gasteiger partial charge in [0.1, 0.15) is 0 Å². The SMILES string of the molecule is C/C=C/C(NC(=O)N1CCCC1)=C(C)C. The number of hydrogen-bond acceptors (Lipinski definition) is 1. The Labute approximate surface area is 91.8 Å². The number of allylic oxidation sites excluding steroid dienone is 3. The Morgan fingerprint density at radius 1 is 1.27 bits per heavy atom. The van der Waals surface area contributed by atoms with Gasteiger partial charge in [-0.3, -0.25) is 0 Å². The molecule has 0 aliphatic carbocycles. The van der Waals surface area contributed by atoms with Crippen molar-refractivity contribution in [2.75, 3.05) is 13.1 Å². The number of hydrogen-bond donors (Lipinski definition) is 1. The quantitative estimate of drug-likeness (QED) is 0.695. The molecule has 0 spiro atoms. The fourth-order valence-corrected chi connectivity index (χ4v) is 1.61. The maximum Gasteiger partial charge on any atom is 0.321 e. The summed E-state index contributed by atoms with van der Waals surface area (Å²) in [6, 6.07) is 0.0294. The third-order valence-electron chi connectivity index (χ3n) is 2.51. The lowest BCUT2D eigenvalue weighted by molar-refractivity contribution is 0.212. The predicted octanol–water partition coefficient (Wildman–Crippen LogP) is 2.66. The van der Waals surface area contributed by atoms with Crippen molar-refractivity contribution in [1.82, 2.24) is 10.2 Å². The van der Waals surface area contributed by atoms with Crippen molar-refractivity contribution in [2.45, 2.75) is 33.6 Å². The van der Waals surface area contributed by atoms with Crippen LogP contribution in [0.25, 0.3) is 0 Å². The van der Waals surface area contributed by atoms with Crippen molar-refractivity contribution in [3.05, 3.63) is 23.4 Å². The Morgan fingerprint density at radius 3 is 2.33 bits per heavy atom.